The number of carbonyl (C=O) groups excluding carboxylic acids is 1. The zero-order valence-corrected chi connectivity index (χ0v) is 18.3. The summed E-state index contributed by atoms with van der Waals surface area (Å²) in [6.07, 6.45) is -1.71. The number of benzene rings is 2. The van der Waals surface area contributed by atoms with Crippen LogP contribution in [-0.2, 0) is 16.1 Å². The van der Waals surface area contributed by atoms with Crippen molar-refractivity contribution >= 4 is 12.1 Å². The van der Waals surface area contributed by atoms with Crippen LogP contribution in [0.25, 0.3) is 11.1 Å². The average Bonchev–Trinajstić information content (AvgIpc) is 2.76. The van der Waals surface area contributed by atoms with Crippen molar-refractivity contribution in [2.75, 3.05) is 7.05 Å². The molecule has 170 valence electrons. The van der Waals surface area contributed by atoms with Gasteiger partial charge in [-0.05, 0) is 41.2 Å². The Kier molecular flexibility index (Phi) is 5.60. The molecule has 1 fully saturated rings. The molecule has 0 bridgehead atoms. The van der Waals surface area contributed by atoms with Crippen LogP contribution < -0.4 is 10.1 Å². The highest BCUT2D eigenvalue weighted by atomic mass is 16.7. The van der Waals surface area contributed by atoms with Crippen molar-refractivity contribution in [3.05, 3.63) is 53.6 Å². The number of nitrogens with one attached hydrogen (secondary N) is 1. The number of aromatic carboxylic acids is 1. The highest BCUT2D eigenvalue weighted by molar-refractivity contribution is 5.96. The van der Waals surface area contributed by atoms with Crippen LogP contribution in [-0.4, -0.2) is 47.3 Å². The number of fused-ring (bicyclic) bond motifs is 1. The summed E-state index contributed by atoms with van der Waals surface area (Å²) in [5.74, 6) is -1.81. The van der Waals surface area contributed by atoms with Gasteiger partial charge in [0, 0.05) is 19.0 Å². The number of hydrogen-bond donors (Lipinski definition) is 3. The maximum atomic E-state index is 11.8. The first-order valence-corrected chi connectivity index (χ1v) is 10.5. The van der Waals surface area contributed by atoms with Crippen molar-refractivity contribution in [2.45, 2.75) is 51.3 Å². The van der Waals surface area contributed by atoms with Gasteiger partial charge in [0.2, 0.25) is 5.79 Å². The van der Waals surface area contributed by atoms with E-state index >= 15 is 0 Å². The minimum Gasteiger partial charge on any atom is -0.478 e. The zero-order chi connectivity index (χ0) is 23.1. The normalized spacial score (nSPS) is 26.0. The lowest BCUT2D eigenvalue weighted by Crippen LogP contribution is -2.63. The molecule has 32 heavy (non-hydrogen) atoms. The Hall–Kier alpha value is -3.10. The predicted octanol–water partition coefficient (Wildman–Crippen LogP) is 3.56. The van der Waals surface area contributed by atoms with E-state index in [0.29, 0.717) is 24.2 Å². The van der Waals surface area contributed by atoms with Crippen LogP contribution in [0.1, 0.15) is 42.6 Å². The molecular formula is C24H27NO7. The number of hydrogen-bond acceptors (Lipinski definition) is 6. The molecule has 1 aliphatic carbocycles. The third kappa shape index (κ3) is 4.03. The molecule has 1 saturated carbocycles. The Labute approximate surface area is 186 Å². The quantitative estimate of drug-likeness (QED) is 0.667. The van der Waals surface area contributed by atoms with Gasteiger partial charge in [-0.1, -0.05) is 38.1 Å². The summed E-state index contributed by atoms with van der Waals surface area (Å²) in [5, 5.41) is 23.0. The smallest absolute Gasteiger partial charge is 0.407 e. The summed E-state index contributed by atoms with van der Waals surface area (Å²) in [5.41, 5.74) is 1.97. The van der Waals surface area contributed by atoms with E-state index in [0.717, 1.165) is 11.1 Å². The Morgan fingerprint density at radius 2 is 1.94 bits per heavy atom. The Bertz CT molecular complexity index is 1050. The maximum Gasteiger partial charge on any atom is 0.407 e. The van der Waals surface area contributed by atoms with Gasteiger partial charge >= 0.3 is 12.1 Å². The van der Waals surface area contributed by atoms with E-state index in [1.165, 1.54) is 7.05 Å². The molecule has 1 aliphatic heterocycles. The van der Waals surface area contributed by atoms with Crippen molar-refractivity contribution in [1.29, 1.82) is 0 Å². The van der Waals surface area contributed by atoms with Crippen LogP contribution in [0.15, 0.2) is 42.5 Å². The van der Waals surface area contributed by atoms with Crippen molar-refractivity contribution in [1.82, 2.24) is 5.32 Å². The van der Waals surface area contributed by atoms with Crippen LogP contribution >= 0.6 is 0 Å². The topological polar surface area (TPSA) is 114 Å². The van der Waals surface area contributed by atoms with Gasteiger partial charge in [-0.3, -0.25) is 0 Å². The molecule has 1 spiro atoms. The lowest BCUT2D eigenvalue weighted by atomic mass is 9.71. The highest BCUT2D eigenvalue weighted by Crippen LogP contribution is 2.48. The molecule has 1 amide bonds. The fourth-order valence-corrected chi connectivity index (χ4v) is 4.61. The van der Waals surface area contributed by atoms with Crippen molar-refractivity contribution < 1.29 is 34.0 Å². The number of carbonyl (C=O) groups is 2. The molecule has 2 aromatic carbocycles. The van der Waals surface area contributed by atoms with Crippen LogP contribution in [0.3, 0.4) is 0 Å². The first kappa shape index (κ1) is 22.1. The van der Waals surface area contributed by atoms with Crippen molar-refractivity contribution in [3.63, 3.8) is 0 Å². The van der Waals surface area contributed by atoms with Gasteiger partial charge in [-0.2, -0.15) is 0 Å². The zero-order valence-electron chi connectivity index (χ0n) is 18.3. The van der Waals surface area contributed by atoms with Crippen LogP contribution in [0.5, 0.6) is 5.75 Å². The average molecular weight is 441 g/mol. The second kappa shape index (κ2) is 8.11. The van der Waals surface area contributed by atoms with Crippen LogP contribution in [0, 0.1) is 5.41 Å². The third-order valence-corrected chi connectivity index (χ3v) is 6.03. The molecule has 8 heteroatoms. The lowest BCUT2D eigenvalue weighted by molar-refractivity contribution is -0.304. The van der Waals surface area contributed by atoms with Crippen LogP contribution in [0.2, 0.25) is 0 Å². The Morgan fingerprint density at radius 1 is 1.19 bits per heavy atom. The minimum absolute atomic E-state index is 0.165. The van der Waals surface area contributed by atoms with Gasteiger partial charge in [0.05, 0.1) is 12.2 Å². The predicted molar refractivity (Wildman–Crippen MR) is 115 cm³/mol. The number of aliphatic hydroxyl groups is 1. The molecule has 3 N–H and O–H groups in total. The lowest BCUT2D eigenvalue weighted by Gasteiger charge is -2.51. The molecule has 2 aromatic rings. The summed E-state index contributed by atoms with van der Waals surface area (Å²) >= 11 is 0. The van der Waals surface area contributed by atoms with E-state index in [1.807, 2.05) is 19.9 Å². The Morgan fingerprint density at radius 3 is 2.66 bits per heavy atom. The van der Waals surface area contributed by atoms with Gasteiger partial charge in [-0.15, -0.1) is 0 Å². The largest absolute Gasteiger partial charge is 0.478 e. The highest BCUT2D eigenvalue weighted by Gasteiger charge is 2.57. The van der Waals surface area contributed by atoms with E-state index in [-0.39, 0.29) is 17.6 Å². The van der Waals surface area contributed by atoms with Gasteiger partial charge in [0.1, 0.15) is 11.9 Å². The first-order chi connectivity index (χ1) is 15.1. The summed E-state index contributed by atoms with van der Waals surface area (Å²) < 4.78 is 17.7. The van der Waals surface area contributed by atoms with E-state index in [1.54, 1.807) is 36.4 Å². The molecule has 0 aromatic heterocycles. The van der Waals surface area contributed by atoms with E-state index in [4.69, 9.17) is 14.2 Å². The van der Waals surface area contributed by atoms with Gasteiger partial charge in [0.25, 0.3) is 0 Å². The minimum atomic E-state index is -1.35. The fraction of sp³-hybridized carbons (Fsp3) is 0.417. The van der Waals surface area contributed by atoms with Crippen molar-refractivity contribution in [2.24, 2.45) is 5.41 Å². The third-order valence-electron chi connectivity index (χ3n) is 6.03. The summed E-state index contributed by atoms with van der Waals surface area (Å²) in [4.78, 5) is 23.4. The number of rotatable bonds is 3. The molecular weight excluding hydrogens is 414 g/mol. The molecule has 2 aliphatic rings. The molecule has 0 saturated heterocycles. The fourth-order valence-electron chi connectivity index (χ4n) is 4.61. The van der Waals surface area contributed by atoms with E-state index in [2.05, 4.69) is 5.32 Å². The standard InChI is InChI=1S/C24H27NO7/c1-23(2)11-19(31-22(29)25-3)20(26)24(13-23)30-12-15-10-14(8-9-18(15)32-24)16-6-4-5-7-17(16)21(27)28/h4-10,19-20,26H,11-13H2,1-3H3,(H,25,29)(H,27,28)/t19-,20-,24-/m1/s1. The van der Waals surface area contributed by atoms with Gasteiger partial charge in [0.15, 0.2) is 6.10 Å². The second-order valence-corrected chi connectivity index (χ2v) is 9.06. The molecule has 0 radical (unpaired) electrons. The monoisotopic (exact) mass is 441 g/mol. The molecule has 3 atom stereocenters. The summed E-state index contributed by atoms with van der Waals surface area (Å²) in [6, 6.07) is 12.2. The number of carboxylic acid groups (broad SMARTS) is 1. The molecule has 1 heterocycles. The number of amides is 1. The van der Waals surface area contributed by atoms with E-state index < -0.39 is 30.1 Å². The number of aliphatic hydroxyl groups excluding tert-OH is 1. The summed E-state index contributed by atoms with van der Waals surface area (Å²) in [6.45, 7) is 4.18. The number of carboxylic acids is 1. The van der Waals surface area contributed by atoms with Crippen molar-refractivity contribution in [3.8, 4) is 16.9 Å². The number of alkyl carbamates (subject to hydrolysis) is 1. The molecule has 4 rings (SSSR count). The molecule has 0 unspecified atom stereocenters. The first-order valence-electron chi connectivity index (χ1n) is 10.5. The van der Waals surface area contributed by atoms with Crippen LogP contribution in [0.4, 0.5) is 4.79 Å². The van der Waals surface area contributed by atoms with Gasteiger partial charge < -0.3 is 29.7 Å². The van der Waals surface area contributed by atoms with Gasteiger partial charge in [-0.25, -0.2) is 9.59 Å². The number of ether oxygens (including phenoxy) is 3. The van der Waals surface area contributed by atoms with E-state index in [9.17, 15) is 19.8 Å². The Balaban J connectivity index is 1.65. The second-order valence-electron chi connectivity index (χ2n) is 9.06. The molecule has 8 nitrogen and oxygen atoms in total. The SMILES string of the molecule is CNC(=O)O[C@@H]1CC(C)(C)C[C@]2(OCc3cc(-c4ccccc4C(=O)O)ccc3O2)[C@@H]1O. The maximum absolute atomic E-state index is 11.8. The summed E-state index contributed by atoms with van der Waals surface area (Å²) in [7, 11) is 1.46.